The third-order valence-electron chi connectivity index (χ3n) is 6.00. The maximum Gasteiger partial charge on any atom is 0.306 e. The Labute approximate surface area is 197 Å². The fraction of sp³-hybridized carbons (Fsp3) is 0.308. The SMILES string of the molecule is O=C(NCCNC(=O)c1ccc2ncccc2c1)c1ccc(OC2CCC(C(=O)O)CC2)cc1. The Morgan fingerprint density at radius 1 is 0.882 bits per heavy atom. The lowest BCUT2D eigenvalue weighted by Crippen LogP contribution is -2.34. The number of nitrogens with zero attached hydrogens (tertiary/aromatic N) is 1. The molecule has 1 fully saturated rings. The van der Waals surface area contributed by atoms with Crippen molar-refractivity contribution in [2.75, 3.05) is 13.1 Å². The van der Waals surface area contributed by atoms with Crippen LogP contribution >= 0.6 is 0 Å². The number of benzene rings is 2. The first-order chi connectivity index (χ1) is 16.5. The van der Waals surface area contributed by atoms with Gasteiger partial charge in [-0.3, -0.25) is 19.4 Å². The van der Waals surface area contributed by atoms with Crippen LogP contribution in [-0.4, -0.2) is 47.1 Å². The number of fused-ring (bicyclic) bond motifs is 1. The van der Waals surface area contributed by atoms with Crippen molar-refractivity contribution >= 4 is 28.7 Å². The number of nitrogens with one attached hydrogen (secondary N) is 2. The Bertz CT molecular complexity index is 1170. The molecule has 1 aliphatic rings. The van der Waals surface area contributed by atoms with Gasteiger partial charge >= 0.3 is 5.97 Å². The minimum Gasteiger partial charge on any atom is -0.490 e. The van der Waals surface area contributed by atoms with E-state index >= 15 is 0 Å². The van der Waals surface area contributed by atoms with Crippen LogP contribution in [-0.2, 0) is 4.79 Å². The van der Waals surface area contributed by atoms with Crippen molar-refractivity contribution in [3.8, 4) is 5.75 Å². The largest absolute Gasteiger partial charge is 0.490 e. The summed E-state index contributed by atoms with van der Waals surface area (Å²) in [7, 11) is 0. The topological polar surface area (TPSA) is 118 Å². The van der Waals surface area contributed by atoms with Crippen molar-refractivity contribution in [1.29, 1.82) is 0 Å². The summed E-state index contributed by atoms with van der Waals surface area (Å²) >= 11 is 0. The normalized spacial score (nSPS) is 17.6. The van der Waals surface area contributed by atoms with Gasteiger partial charge in [-0.05, 0) is 74.2 Å². The number of aliphatic carboxylic acids is 1. The molecule has 0 unspecified atom stereocenters. The minimum absolute atomic E-state index is 0.00208. The van der Waals surface area contributed by atoms with Crippen molar-refractivity contribution in [2.45, 2.75) is 31.8 Å². The van der Waals surface area contributed by atoms with Gasteiger partial charge in [-0.15, -0.1) is 0 Å². The molecule has 3 aromatic rings. The second kappa shape index (κ2) is 10.8. The number of carbonyl (C=O) groups is 3. The van der Waals surface area contributed by atoms with E-state index < -0.39 is 5.97 Å². The predicted molar refractivity (Wildman–Crippen MR) is 127 cm³/mol. The molecule has 2 amide bonds. The fourth-order valence-corrected chi connectivity index (χ4v) is 4.08. The van der Waals surface area contributed by atoms with Crippen LogP contribution < -0.4 is 15.4 Å². The van der Waals surface area contributed by atoms with Crippen molar-refractivity contribution < 1.29 is 24.2 Å². The van der Waals surface area contributed by atoms with Gasteiger partial charge in [0, 0.05) is 35.8 Å². The van der Waals surface area contributed by atoms with E-state index in [-0.39, 0.29) is 23.8 Å². The smallest absolute Gasteiger partial charge is 0.306 e. The highest BCUT2D eigenvalue weighted by Gasteiger charge is 2.26. The minimum atomic E-state index is -0.736. The lowest BCUT2D eigenvalue weighted by Gasteiger charge is -2.26. The van der Waals surface area contributed by atoms with Crippen molar-refractivity contribution in [3.05, 3.63) is 71.9 Å². The van der Waals surface area contributed by atoms with Gasteiger partial charge in [0.2, 0.25) is 0 Å². The van der Waals surface area contributed by atoms with E-state index in [2.05, 4.69) is 15.6 Å². The van der Waals surface area contributed by atoms with Gasteiger partial charge in [-0.25, -0.2) is 0 Å². The molecule has 0 saturated heterocycles. The number of hydrogen-bond donors (Lipinski definition) is 3. The van der Waals surface area contributed by atoms with E-state index in [4.69, 9.17) is 9.84 Å². The molecule has 0 atom stereocenters. The van der Waals surface area contributed by atoms with Crippen LogP contribution in [0.2, 0.25) is 0 Å². The first kappa shape index (κ1) is 23.2. The van der Waals surface area contributed by atoms with Crippen molar-refractivity contribution in [2.24, 2.45) is 5.92 Å². The Morgan fingerprint density at radius 2 is 1.53 bits per heavy atom. The number of aromatic nitrogens is 1. The maximum absolute atomic E-state index is 12.4. The zero-order valence-electron chi connectivity index (χ0n) is 18.7. The average molecular weight is 462 g/mol. The average Bonchev–Trinajstić information content (AvgIpc) is 2.87. The molecule has 4 rings (SSSR count). The Kier molecular flexibility index (Phi) is 7.37. The molecule has 8 heteroatoms. The molecule has 2 aromatic carbocycles. The van der Waals surface area contributed by atoms with Gasteiger partial charge in [0.25, 0.3) is 11.8 Å². The molecule has 1 aromatic heterocycles. The van der Waals surface area contributed by atoms with Crippen molar-refractivity contribution in [3.63, 3.8) is 0 Å². The van der Waals surface area contributed by atoms with Gasteiger partial charge in [0.05, 0.1) is 17.5 Å². The summed E-state index contributed by atoms with van der Waals surface area (Å²) in [5, 5.41) is 15.6. The highest BCUT2D eigenvalue weighted by atomic mass is 16.5. The first-order valence-electron chi connectivity index (χ1n) is 11.4. The Balaban J connectivity index is 1.19. The zero-order chi connectivity index (χ0) is 23.9. The lowest BCUT2D eigenvalue weighted by molar-refractivity contribution is -0.143. The molecular weight excluding hydrogens is 434 g/mol. The molecule has 0 bridgehead atoms. The summed E-state index contributed by atoms with van der Waals surface area (Å²) in [4.78, 5) is 40.0. The lowest BCUT2D eigenvalue weighted by atomic mass is 9.87. The number of hydrogen-bond acceptors (Lipinski definition) is 5. The van der Waals surface area contributed by atoms with E-state index in [1.165, 1.54) is 0 Å². The van der Waals surface area contributed by atoms with Crippen LogP contribution in [0.5, 0.6) is 5.75 Å². The monoisotopic (exact) mass is 461 g/mol. The van der Waals surface area contributed by atoms with Gasteiger partial charge in [0.15, 0.2) is 0 Å². The number of pyridine rings is 1. The third-order valence-corrected chi connectivity index (χ3v) is 6.00. The fourth-order valence-electron chi connectivity index (χ4n) is 4.08. The van der Waals surface area contributed by atoms with Gasteiger partial charge in [-0.1, -0.05) is 6.07 Å². The second-order valence-electron chi connectivity index (χ2n) is 8.38. The number of amides is 2. The zero-order valence-corrected chi connectivity index (χ0v) is 18.7. The van der Waals surface area contributed by atoms with E-state index in [1.54, 1.807) is 48.7 Å². The van der Waals surface area contributed by atoms with Crippen molar-refractivity contribution in [1.82, 2.24) is 15.6 Å². The molecule has 176 valence electrons. The quantitative estimate of drug-likeness (QED) is 0.443. The molecule has 0 radical (unpaired) electrons. The van der Waals surface area contributed by atoms with E-state index in [1.807, 2.05) is 12.1 Å². The molecule has 0 aliphatic heterocycles. The molecule has 1 heterocycles. The number of carbonyl (C=O) groups excluding carboxylic acids is 2. The van der Waals surface area contributed by atoms with E-state index in [0.29, 0.717) is 55.6 Å². The van der Waals surface area contributed by atoms with Crippen LogP contribution in [0.15, 0.2) is 60.8 Å². The molecular formula is C26H27N3O5. The first-order valence-corrected chi connectivity index (χ1v) is 11.4. The van der Waals surface area contributed by atoms with Crippen LogP contribution in [0.25, 0.3) is 10.9 Å². The Morgan fingerprint density at radius 3 is 2.21 bits per heavy atom. The van der Waals surface area contributed by atoms with Crippen LogP contribution in [0.1, 0.15) is 46.4 Å². The van der Waals surface area contributed by atoms with Crippen LogP contribution in [0.4, 0.5) is 0 Å². The molecule has 8 nitrogen and oxygen atoms in total. The van der Waals surface area contributed by atoms with Crippen LogP contribution in [0.3, 0.4) is 0 Å². The number of carboxylic acids is 1. The van der Waals surface area contributed by atoms with Gasteiger partial charge in [-0.2, -0.15) is 0 Å². The molecule has 34 heavy (non-hydrogen) atoms. The second-order valence-corrected chi connectivity index (χ2v) is 8.38. The third kappa shape index (κ3) is 5.89. The number of carboxylic acid groups (broad SMARTS) is 1. The highest BCUT2D eigenvalue weighted by Crippen LogP contribution is 2.28. The molecule has 3 N–H and O–H groups in total. The summed E-state index contributed by atoms with van der Waals surface area (Å²) in [6.45, 7) is 0.598. The van der Waals surface area contributed by atoms with E-state index in [9.17, 15) is 14.4 Å². The summed E-state index contributed by atoms with van der Waals surface area (Å²) in [5.74, 6) is -0.799. The van der Waals surface area contributed by atoms with Crippen LogP contribution in [0, 0.1) is 5.92 Å². The summed E-state index contributed by atoms with van der Waals surface area (Å²) < 4.78 is 5.94. The molecule has 1 aliphatic carbocycles. The summed E-state index contributed by atoms with van der Waals surface area (Å²) in [6, 6.07) is 15.9. The van der Waals surface area contributed by atoms with E-state index in [0.717, 1.165) is 10.9 Å². The highest BCUT2D eigenvalue weighted by molar-refractivity contribution is 5.98. The standard InChI is InChI=1S/C26H27N3O5/c30-24(17-3-8-21(9-4-17)34-22-10-5-18(6-11-22)26(32)33)28-14-15-29-25(31)20-7-12-23-19(16-20)2-1-13-27-23/h1-4,7-9,12-13,16,18,22H,5-6,10-11,14-15H2,(H,28,30)(H,29,31)(H,32,33). The maximum atomic E-state index is 12.4. The molecule has 0 spiro atoms. The number of rotatable bonds is 8. The predicted octanol–water partition coefficient (Wildman–Crippen LogP) is 3.42. The Hall–Kier alpha value is -3.94. The molecule has 1 saturated carbocycles. The summed E-state index contributed by atoms with van der Waals surface area (Å²) in [5.41, 5.74) is 1.86. The van der Waals surface area contributed by atoms with Gasteiger partial charge < -0.3 is 20.5 Å². The summed E-state index contributed by atoms with van der Waals surface area (Å²) in [6.07, 6.45) is 4.37. The van der Waals surface area contributed by atoms with Gasteiger partial charge in [0.1, 0.15) is 5.75 Å². The number of ether oxygens (including phenoxy) is 1.